The average molecular weight is 375 g/mol. The largest absolute Gasteiger partial charge is 0.494 e. The molecule has 0 fully saturated rings. The number of carbonyl (C=O) groups is 2. The van der Waals surface area contributed by atoms with Gasteiger partial charge in [0.2, 0.25) is 5.91 Å². The molecule has 0 saturated heterocycles. The smallest absolute Gasteiger partial charge is 0.278 e. The van der Waals surface area contributed by atoms with Crippen LogP contribution >= 0.6 is 0 Å². The number of ether oxygens (including phenoxy) is 1. The summed E-state index contributed by atoms with van der Waals surface area (Å²) in [5.41, 5.74) is 0.157. The summed E-state index contributed by atoms with van der Waals surface area (Å²) in [6.45, 7) is 0.126. The van der Waals surface area contributed by atoms with E-state index in [1.54, 1.807) is 0 Å². The Labute approximate surface area is 146 Å². The summed E-state index contributed by atoms with van der Waals surface area (Å²) in [5.74, 6) is -1.38. The van der Waals surface area contributed by atoms with E-state index in [9.17, 15) is 22.4 Å². The normalized spacial score (nSPS) is 11.4. The monoisotopic (exact) mass is 375 g/mol. The minimum atomic E-state index is -3.54. The van der Waals surface area contributed by atoms with Gasteiger partial charge in [-0.1, -0.05) is 0 Å². The molecular weight excluding hydrogens is 353 g/mol. The van der Waals surface area contributed by atoms with Crippen molar-refractivity contribution in [3.63, 3.8) is 0 Å². The highest BCUT2D eigenvalue weighted by Crippen LogP contribution is 2.18. The van der Waals surface area contributed by atoms with E-state index in [4.69, 9.17) is 4.74 Å². The molecule has 10 heteroatoms. The first-order valence-electron chi connectivity index (χ1n) is 7.48. The van der Waals surface area contributed by atoms with Gasteiger partial charge in [-0.3, -0.25) is 9.59 Å². The van der Waals surface area contributed by atoms with Gasteiger partial charge in [0.15, 0.2) is 17.3 Å². The van der Waals surface area contributed by atoms with Crippen LogP contribution in [0, 0.1) is 5.82 Å². The van der Waals surface area contributed by atoms with Crippen molar-refractivity contribution in [1.29, 1.82) is 0 Å². The summed E-state index contributed by atoms with van der Waals surface area (Å²) in [6, 6.07) is 3.84. The van der Waals surface area contributed by atoms with E-state index in [-0.39, 0.29) is 43.0 Å². The molecule has 1 rings (SSSR count). The molecule has 2 N–H and O–H groups in total. The standard InChI is InChI=1S/C15H22FN3O5S/c1-19(2)25(22,23)18-9-8-17-15(21)7-5-13(20)11-4-6-14(24-3)12(16)10-11/h4,6,10,18H,5,7-9H2,1-3H3,(H,17,21). The Morgan fingerprint density at radius 1 is 1.20 bits per heavy atom. The summed E-state index contributed by atoms with van der Waals surface area (Å²) in [6.07, 6.45) is -0.159. The van der Waals surface area contributed by atoms with Gasteiger partial charge in [-0.15, -0.1) is 0 Å². The van der Waals surface area contributed by atoms with E-state index in [1.807, 2.05) is 0 Å². The van der Waals surface area contributed by atoms with E-state index < -0.39 is 21.9 Å². The van der Waals surface area contributed by atoms with Gasteiger partial charge in [-0.2, -0.15) is 12.7 Å². The van der Waals surface area contributed by atoms with Gasteiger partial charge in [-0.25, -0.2) is 9.11 Å². The Balaban J connectivity index is 2.36. The molecule has 0 aliphatic carbocycles. The third kappa shape index (κ3) is 6.77. The lowest BCUT2D eigenvalue weighted by atomic mass is 10.1. The maximum absolute atomic E-state index is 13.6. The topological polar surface area (TPSA) is 105 Å². The first kappa shape index (κ1) is 21.0. The van der Waals surface area contributed by atoms with Crippen LogP contribution in [-0.4, -0.2) is 58.7 Å². The van der Waals surface area contributed by atoms with Crippen LogP contribution in [0.2, 0.25) is 0 Å². The summed E-state index contributed by atoms with van der Waals surface area (Å²) in [4.78, 5) is 23.6. The summed E-state index contributed by atoms with van der Waals surface area (Å²) < 4.78 is 44.5. The lowest BCUT2D eigenvalue weighted by Crippen LogP contribution is -2.40. The van der Waals surface area contributed by atoms with Gasteiger partial charge in [0.25, 0.3) is 10.2 Å². The molecule has 0 atom stereocenters. The third-order valence-electron chi connectivity index (χ3n) is 3.27. The molecule has 25 heavy (non-hydrogen) atoms. The van der Waals surface area contributed by atoms with Crippen molar-refractivity contribution in [1.82, 2.24) is 14.3 Å². The number of ketones is 1. The number of amides is 1. The summed E-state index contributed by atoms with van der Waals surface area (Å²) in [7, 11) is 0.554. The SMILES string of the molecule is COc1ccc(C(=O)CCC(=O)NCCNS(=O)(=O)N(C)C)cc1F. The highest BCUT2D eigenvalue weighted by molar-refractivity contribution is 7.87. The maximum atomic E-state index is 13.6. The van der Waals surface area contributed by atoms with Crippen molar-refractivity contribution >= 4 is 21.9 Å². The van der Waals surface area contributed by atoms with Crippen molar-refractivity contribution in [2.75, 3.05) is 34.3 Å². The minimum Gasteiger partial charge on any atom is -0.494 e. The van der Waals surface area contributed by atoms with Gasteiger partial charge in [-0.05, 0) is 18.2 Å². The number of benzene rings is 1. The molecule has 0 saturated carbocycles. The number of Topliss-reactive ketones (excluding diaryl/α,β-unsaturated/α-hetero) is 1. The third-order valence-corrected chi connectivity index (χ3v) is 4.80. The molecule has 0 heterocycles. The van der Waals surface area contributed by atoms with E-state index in [0.29, 0.717) is 0 Å². The zero-order valence-electron chi connectivity index (χ0n) is 14.3. The van der Waals surface area contributed by atoms with Crippen molar-refractivity contribution in [3.8, 4) is 5.75 Å². The Hall–Kier alpha value is -2.04. The van der Waals surface area contributed by atoms with Crippen LogP contribution in [0.15, 0.2) is 18.2 Å². The molecule has 0 aliphatic heterocycles. The number of rotatable bonds is 10. The second kappa shape index (κ2) is 9.44. The van der Waals surface area contributed by atoms with Crippen molar-refractivity contribution in [3.05, 3.63) is 29.6 Å². The molecule has 0 unspecified atom stereocenters. The molecule has 140 valence electrons. The molecule has 0 aromatic heterocycles. The predicted molar refractivity (Wildman–Crippen MR) is 90.1 cm³/mol. The molecule has 1 amide bonds. The van der Waals surface area contributed by atoms with Crippen LogP contribution in [0.4, 0.5) is 4.39 Å². The Bertz CT molecular complexity index is 722. The Kier molecular flexibility index (Phi) is 7.94. The van der Waals surface area contributed by atoms with Crippen molar-refractivity contribution < 1.29 is 27.1 Å². The van der Waals surface area contributed by atoms with Crippen molar-refractivity contribution in [2.45, 2.75) is 12.8 Å². The predicted octanol–water partition coefficient (Wildman–Crippen LogP) is 0.309. The molecular formula is C15H22FN3O5S. The second-order valence-electron chi connectivity index (χ2n) is 5.30. The first-order valence-corrected chi connectivity index (χ1v) is 8.92. The van der Waals surface area contributed by atoms with Crippen LogP contribution in [0.25, 0.3) is 0 Å². The quantitative estimate of drug-likeness (QED) is 0.452. The number of carbonyl (C=O) groups excluding carboxylic acids is 2. The zero-order valence-corrected chi connectivity index (χ0v) is 15.2. The number of methoxy groups -OCH3 is 1. The highest BCUT2D eigenvalue weighted by atomic mass is 32.2. The molecule has 0 aliphatic rings. The fraction of sp³-hybridized carbons (Fsp3) is 0.467. The number of hydrogen-bond donors (Lipinski definition) is 2. The van der Waals surface area contributed by atoms with Gasteiger partial charge in [0.1, 0.15) is 0 Å². The molecule has 1 aromatic rings. The number of nitrogens with zero attached hydrogens (tertiary/aromatic N) is 1. The number of nitrogens with one attached hydrogen (secondary N) is 2. The lowest BCUT2D eigenvalue weighted by Gasteiger charge is -2.12. The van der Waals surface area contributed by atoms with Gasteiger partial charge >= 0.3 is 0 Å². The summed E-state index contributed by atoms with van der Waals surface area (Å²) >= 11 is 0. The zero-order chi connectivity index (χ0) is 19.0. The molecule has 0 bridgehead atoms. The Morgan fingerprint density at radius 3 is 2.44 bits per heavy atom. The molecule has 1 aromatic carbocycles. The van der Waals surface area contributed by atoms with Crippen LogP contribution in [-0.2, 0) is 15.0 Å². The maximum Gasteiger partial charge on any atom is 0.278 e. The van der Waals surface area contributed by atoms with Gasteiger partial charge in [0.05, 0.1) is 7.11 Å². The first-order chi connectivity index (χ1) is 11.7. The average Bonchev–Trinajstić information content (AvgIpc) is 2.56. The van der Waals surface area contributed by atoms with E-state index >= 15 is 0 Å². The molecule has 0 spiro atoms. The van der Waals surface area contributed by atoms with Crippen molar-refractivity contribution in [2.24, 2.45) is 0 Å². The number of hydrogen-bond acceptors (Lipinski definition) is 5. The second-order valence-corrected chi connectivity index (χ2v) is 7.27. The molecule has 0 radical (unpaired) electrons. The summed E-state index contributed by atoms with van der Waals surface area (Å²) in [5, 5.41) is 2.50. The van der Waals surface area contributed by atoms with Gasteiger partial charge < -0.3 is 10.1 Å². The van der Waals surface area contributed by atoms with E-state index in [0.717, 1.165) is 10.4 Å². The lowest BCUT2D eigenvalue weighted by molar-refractivity contribution is -0.121. The minimum absolute atomic E-state index is 0.0316. The van der Waals surface area contributed by atoms with Gasteiger partial charge in [0, 0.05) is 45.6 Å². The fourth-order valence-electron chi connectivity index (χ4n) is 1.81. The van der Waals surface area contributed by atoms with Crippen LogP contribution in [0.1, 0.15) is 23.2 Å². The van der Waals surface area contributed by atoms with Crippen LogP contribution in [0.3, 0.4) is 0 Å². The Morgan fingerprint density at radius 2 is 1.88 bits per heavy atom. The fourth-order valence-corrected chi connectivity index (χ4v) is 2.43. The highest BCUT2D eigenvalue weighted by Gasteiger charge is 2.13. The molecule has 8 nitrogen and oxygen atoms in total. The van der Waals surface area contributed by atoms with E-state index in [2.05, 4.69) is 10.0 Å². The van der Waals surface area contributed by atoms with Crippen LogP contribution in [0.5, 0.6) is 5.75 Å². The number of halogens is 1. The van der Waals surface area contributed by atoms with Crippen LogP contribution < -0.4 is 14.8 Å². The van der Waals surface area contributed by atoms with E-state index in [1.165, 1.54) is 33.3 Å².